The maximum absolute atomic E-state index is 5.27. The monoisotopic (exact) mass is 275 g/mol. The Morgan fingerprint density at radius 3 is 2.78 bits per heavy atom. The van der Waals surface area contributed by atoms with E-state index in [1.165, 1.54) is 52.9 Å². The van der Waals surface area contributed by atoms with Crippen LogP contribution < -0.4 is 0 Å². The van der Waals surface area contributed by atoms with Crippen molar-refractivity contribution in [3.05, 3.63) is 38.2 Å². The number of aryl methyl sites for hydroxylation is 3. The van der Waals surface area contributed by atoms with Crippen LogP contribution in [0.4, 0.5) is 0 Å². The minimum Gasteiger partial charge on any atom is -0.337 e. The fraction of sp³-hybridized carbons (Fsp3) is 0.400. The van der Waals surface area contributed by atoms with E-state index in [2.05, 4.69) is 30.1 Å². The van der Waals surface area contributed by atoms with E-state index < -0.39 is 0 Å². The average molecular weight is 275 g/mol. The zero-order valence-electron chi connectivity index (χ0n) is 10.6. The molecule has 1 aliphatic carbocycles. The van der Waals surface area contributed by atoms with Crippen LogP contribution in [0.2, 0.25) is 0 Å². The first-order chi connectivity index (χ1) is 8.78. The summed E-state index contributed by atoms with van der Waals surface area (Å²) >= 11 is 6.98. The van der Waals surface area contributed by atoms with Crippen LogP contribution in [-0.4, -0.2) is 4.98 Å². The van der Waals surface area contributed by atoms with E-state index in [4.69, 9.17) is 12.2 Å². The minimum atomic E-state index is 0.888. The van der Waals surface area contributed by atoms with E-state index in [1.54, 1.807) is 11.3 Å². The molecule has 0 fully saturated rings. The smallest absolute Gasteiger partial charge is 0.159 e. The van der Waals surface area contributed by atoms with Crippen LogP contribution in [0.15, 0.2) is 18.2 Å². The summed E-state index contributed by atoms with van der Waals surface area (Å²) in [5, 5.41) is 0. The third-order valence-electron chi connectivity index (χ3n) is 3.68. The van der Waals surface area contributed by atoms with E-state index in [0.29, 0.717) is 0 Å². The molecule has 0 unspecified atom stereocenters. The van der Waals surface area contributed by atoms with Crippen molar-refractivity contribution in [1.29, 1.82) is 0 Å². The van der Waals surface area contributed by atoms with Crippen molar-refractivity contribution in [3.63, 3.8) is 0 Å². The predicted molar refractivity (Wildman–Crippen MR) is 81.0 cm³/mol. The highest BCUT2D eigenvalue weighted by atomic mass is 32.1. The first-order valence-electron chi connectivity index (χ1n) is 6.62. The fourth-order valence-corrected chi connectivity index (χ4v) is 3.93. The third-order valence-corrected chi connectivity index (χ3v) is 5.06. The van der Waals surface area contributed by atoms with Gasteiger partial charge in [-0.2, -0.15) is 0 Å². The van der Waals surface area contributed by atoms with Crippen molar-refractivity contribution >= 4 is 23.6 Å². The van der Waals surface area contributed by atoms with Gasteiger partial charge in [0.05, 0.1) is 5.69 Å². The average Bonchev–Trinajstić information content (AvgIpc) is 2.79. The van der Waals surface area contributed by atoms with Gasteiger partial charge in [-0.3, -0.25) is 0 Å². The molecule has 18 heavy (non-hydrogen) atoms. The lowest BCUT2D eigenvalue weighted by Crippen LogP contribution is -2.02. The Hall–Kier alpha value is -0.930. The van der Waals surface area contributed by atoms with E-state index in [9.17, 15) is 0 Å². The van der Waals surface area contributed by atoms with Crippen LogP contribution in [0.1, 0.15) is 35.8 Å². The molecule has 94 valence electrons. The number of thiazole rings is 1. The van der Waals surface area contributed by atoms with Crippen LogP contribution in [0, 0.1) is 3.95 Å². The molecule has 0 bridgehead atoms. The molecule has 0 radical (unpaired) electrons. The van der Waals surface area contributed by atoms with Gasteiger partial charge in [0.25, 0.3) is 0 Å². The number of H-pyrrole nitrogens is 1. The zero-order valence-corrected chi connectivity index (χ0v) is 12.2. The zero-order chi connectivity index (χ0) is 12.5. The second-order valence-electron chi connectivity index (χ2n) is 4.86. The number of aromatic amines is 1. The molecule has 0 atom stereocenters. The summed E-state index contributed by atoms with van der Waals surface area (Å²) in [6, 6.07) is 6.91. The summed E-state index contributed by atoms with van der Waals surface area (Å²) in [5.74, 6) is 0. The molecule has 0 spiro atoms. The molecular weight excluding hydrogens is 258 g/mol. The maximum atomic E-state index is 5.27. The Kier molecular flexibility index (Phi) is 3.35. The number of hydrogen-bond donors (Lipinski definition) is 1. The summed E-state index contributed by atoms with van der Waals surface area (Å²) < 4.78 is 0.888. The van der Waals surface area contributed by atoms with Gasteiger partial charge in [-0.25, -0.2) is 0 Å². The summed E-state index contributed by atoms with van der Waals surface area (Å²) in [5.41, 5.74) is 5.61. The van der Waals surface area contributed by atoms with Gasteiger partial charge >= 0.3 is 0 Å². The highest BCUT2D eigenvalue weighted by Crippen LogP contribution is 2.30. The number of hydrogen-bond acceptors (Lipinski definition) is 2. The van der Waals surface area contributed by atoms with Gasteiger partial charge in [-0.1, -0.05) is 19.1 Å². The first-order valence-corrected chi connectivity index (χ1v) is 7.84. The van der Waals surface area contributed by atoms with Crippen LogP contribution in [0.3, 0.4) is 0 Å². The summed E-state index contributed by atoms with van der Waals surface area (Å²) in [6.07, 6.45) is 6.19. The predicted octanol–water partition coefficient (Wildman–Crippen LogP) is 4.91. The lowest BCUT2D eigenvalue weighted by molar-refractivity contribution is 0.686. The van der Waals surface area contributed by atoms with Gasteiger partial charge in [0.15, 0.2) is 3.95 Å². The highest BCUT2D eigenvalue weighted by molar-refractivity contribution is 7.73. The van der Waals surface area contributed by atoms with Crippen LogP contribution >= 0.6 is 23.6 Å². The molecule has 0 saturated heterocycles. The molecule has 1 aromatic carbocycles. The van der Waals surface area contributed by atoms with Gasteiger partial charge in [-0.05, 0) is 67.1 Å². The number of fused-ring (bicyclic) bond motifs is 1. The molecule has 3 rings (SSSR count). The minimum absolute atomic E-state index is 0.888. The Bertz CT molecular complexity index is 622. The van der Waals surface area contributed by atoms with Crippen molar-refractivity contribution < 1.29 is 0 Å². The molecule has 1 nitrogen and oxygen atoms in total. The molecule has 1 N–H and O–H groups in total. The summed E-state index contributed by atoms with van der Waals surface area (Å²) in [6.45, 7) is 2.19. The van der Waals surface area contributed by atoms with E-state index in [-0.39, 0.29) is 0 Å². The van der Waals surface area contributed by atoms with E-state index >= 15 is 0 Å². The molecule has 1 aromatic heterocycles. The van der Waals surface area contributed by atoms with Crippen molar-refractivity contribution in [2.75, 3.05) is 0 Å². The number of aromatic nitrogens is 1. The Morgan fingerprint density at radius 1 is 1.22 bits per heavy atom. The second-order valence-corrected chi connectivity index (χ2v) is 6.63. The third kappa shape index (κ3) is 2.17. The van der Waals surface area contributed by atoms with Gasteiger partial charge in [0, 0.05) is 4.88 Å². The number of rotatable bonds is 2. The summed E-state index contributed by atoms with van der Waals surface area (Å²) in [7, 11) is 0. The van der Waals surface area contributed by atoms with Gasteiger partial charge in [-0.15, -0.1) is 11.3 Å². The van der Waals surface area contributed by atoms with E-state index in [1.807, 2.05) is 0 Å². The van der Waals surface area contributed by atoms with Gasteiger partial charge in [0.1, 0.15) is 0 Å². The molecule has 1 aliphatic rings. The molecule has 0 saturated carbocycles. The molecule has 3 heteroatoms. The standard InChI is InChI=1S/C15H17NS2/c1-2-13-14(16-15(17)18-13)12-8-7-10-5-3-4-6-11(10)9-12/h7-9H,2-6H2,1H3,(H,16,17). The Balaban J connectivity index is 2.08. The Morgan fingerprint density at radius 2 is 2.00 bits per heavy atom. The lowest BCUT2D eigenvalue weighted by atomic mass is 9.90. The van der Waals surface area contributed by atoms with Crippen molar-refractivity contribution in [1.82, 2.24) is 4.98 Å². The molecule has 0 aliphatic heterocycles. The largest absolute Gasteiger partial charge is 0.337 e. The quantitative estimate of drug-likeness (QED) is 0.770. The van der Waals surface area contributed by atoms with Crippen LogP contribution in [-0.2, 0) is 19.3 Å². The molecule has 0 amide bonds. The fourth-order valence-electron chi connectivity index (χ4n) is 2.73. The van der Waals surface area contributed by atoms with E-state index in [0.717, 1.165) is 10.4 Å². The highest BCUT2D eigenvalue weighted by Gasteiger charge is 2.12. The number of nitrogens with one attached hydrogen (secondary N) is 1. The molecule has 2 aromatic rings. The van der Waals surface area contributed by atoms with Gasteiger partial charge < -0.3 is 4.98 Å². The summed E-state index contributed by atoms with van der Waals surface area (Å²) in [4.78, 5) is 4.72. The second kappa shape index (κ2) is 4.98. The number of benzene rings is 1. The molecular formula is C15H17NS2. The normalized spacial score (nSPS) is 14.5. The maximum Gasteiger partial charge on any atom is 0.159 e. The SMILES string of the molecule is CCc1sc(=S)[nH]c1-c1ccc2c(c1)CCCC2. The van der Waals surface area contributed by atoms with Crippen LogP contribution in [0.5, 0.6) is 0 Å². The Labute approximate surface area is 117 Å². The topological polar surface area (TPSA) is 15.8 Å². The lowest BCUT2D eigenvalue weighted by Gasteiger charge is -2.16. The van der Waals surface area contributed by atoms with Crippen LogP contribution in [0.25, 0.3) is 11.3 Å². The first kappa shape index (κ1) is 12.1. The molecule has 1 heterocycles. The van der Waals surface area contributed by atoms with Crippen molar-refractivity contribution in [2.24, 2.45) is 0 Å². The van der Waals surface area contributed by atoms with Crippen molar-refractivity contribution in [3.8, 4) is 11.3 Å². The van der Waals surface area contributed by atoms with Gasteiger partial charge in [0.2, 0.25) is 0 Å². The van der Waals surface area contributed by atoms with Crippen molar-refractivity contribution in [2.45, 2.75) is 39.0 Å².